The van der Waals surface area contributed by atoms with Crippen LogP contribution in [0.2, 0.25) is 0 Å². The van der Waals surface area contributed by atoms with Crippen LogP contribution in [0, 0.1) is 0 Å². The van der Waals surface area contributed by atoms with Gasteiger partial charge in [0, 0.05) is 0 Å². The third-order valence-corrected chi connectivity index (χ3v) is 3.89. The Bertz CT molecular complexity index is 493. The first-order valence-electron chi connectivity index (χ1n) is 5.90. The molecule has 0 radical (unpaired) electrons. The molecule has 2 aromatic rings. The maximum atomic E-state index is 4.18. The zero-order valence-electron chi connectivity index (χ0n) is 10.1. The number of nitrogens with zero attached hydrogens (tertiary/aromatic N) is 3. The average molecular weight is 294 g/mol. The molecule has 0 saturated carbocycles. The second-order valence-electron chi connectivity index (χ2n) is 3.99. The summed E-state index contributed by atoms with van der Waals surface area (Å²) in [4.78, 5) is 0.283. The van der Waals surface area contributed by atoms with Crippen molar-refractivity contribution >= 4 is 15.9 Å². The fourth-order valence-corrected chi connectivity index (χ4v) is 1.88. The van der Waals surface area contributed by atoms with Crippen molar-refractivity contribution in [1.82, 2.24) is 15.0 Å². The summed E-state index contributed by atoms with van der Waals surface area (Å²) >= 11 is 3.58. The first-order valence-corrected chi connectivity index (χ1v) is 6.81. The molecule has 0 aliphatic carbocycles. The number of aryl methyl sites for hydroxylation is 1. The molecule has 17 heavy (non-hydrogen) atoms. The lowest BCUT2D eigenvalue weighted by Gasteiger charge is -2.02. The molecule has 1 aromatic heterocycles. The van der Waals surface area contributed by atoms with E-state index in [-0.39, 0.29) is 4.83 Å². The molecule has 4 heteroatoms. The highest BCUT2D eigenvalue weighted by Crippen LogP contribution is 2.24. The Morgan fingerprint density at radius 3 is 2.88 bits per heavy atom. The van der Waals surface area contributed by atoms with Crippen LogP contribution in [0.15, 0.2) is 30.5 Å². The minimum absolute atomic E-state index is 0.283. The van der Waals surface area contributed by atoms with E-state index >= 15 is 0 Å². The van der Waals surface area contributed by atoms with Gasteiger partial charge in [-0.15, -0.1) is 5.10 Å². The second kappa shape index (κ2) is 5.45. The number of aromatic nitrogens is 3. The summed E-state index contributed by atoms with van der Waals surface area (Å²) in [5.74, 6) is 0. The lowest BCUT2D eigenvalue weighted by Crippen LogP contribution is -1.95. The molecule has 0 saturated heterocycles. The Kier molecular flexibility index (Phi) is 3.94. The van der Waals surface area contributed by atoms with Crippen LogP contribution in [0.25, 0.3) is 5.69 Å². The number of hydrogen-bond donors (Lipinski definition) is 0. The molecule has 0 amide bonds. The predicted molar refractivity (Wildman–Crippen MR) is 72.7 cm³/mol. The van der Waals surface area contributed by atoms with Gasteiger partial charge in [0.05, 0.1) is 22.4 Å². The predicted octanol–water partition coefficient (Wildman–Crippen LogP) is 3.68. The molecule has 3 nitrogen and oxygen atoms in total. The van der Waals surface area contributed by atoms with Crippen LogP contribution in [-0.2, 0) is 6.42 Å². The van der Waals surface area contributed by atoms with Crippen LogP contribution in [0.3, 0.4) is 0 Å². The Hall–Kier alpha value is -1.16. The van der Waals surface area contributed by atoms with Gasteiger partial charge in [0.25, 0.3) is 0 Å². The van der Waals surface area contributed by atoms with E-state index in [9.17, 15) is 0 Å². The van der Waals surface area contributed by atoms with E-state index in [4.69, 9.17) is 0 Å². The van der Waals surface area contributed by atoms with E-state index < -0.39 is 0 Å². The van der Waals surface area contributed by atoms with E-state index in [0.717, 1.165) is 24.2 Å². The molecule has 0 bridgehead atoms. The minimum Gasteiger partial charge on any atom is -0.220 e. The number of benzene rings is 1. The monoisotopic (exact) mass is 293 g/mol. The molecular weight excluding hydrogens is 278 g/mol. The van der Waals surface area contributed by atoms with Gasteiger partial charge in [-0.2, -0.15) is 0 Å². The number of hydrogen-bond acceptors (Lipinski definition) is 2. The summed E-state index contributed by atoms with van der Waals surface area (Å²) < 4.78 is 1.83. The molecule has 0 aliphatic heterocycles. The topological polar surface area (TPSA) is 30.7 Å². The van der Waals surface area contributed by atoms with Crippen LogP contribution in [0.4, 0.5) is 0 Å². The molecule has 0 N–H and O–H groups in total. The number of rotatable bonds is 4. The fourth-order valence-electron chi connectivity index (χ4n) is 1.67. The van der Waals surface area contributed by atoms with Crippen molar-refractivity contribution in [3.05, 3.63) is 41.7 Å². The summed E-state index contributed by atoms with van der Waals surface area (Å²) in [6, 6.07) is 8.38. The van der Waals surface area contributed by atoms with E-state index in [1.165, 1.54) is 5.56 Å². The summed E-state index contributed by atoms with van der Waals surface area (Å²) in [6.45, 7) is 4.27. The van der Waals surface area contributed by atoms with Gasteiger partial charge in [0.15, 0.2) is 0 Å². The molecule has 0 fully saturated rings. The second-order valence-corrected chi connectivity index (χ2v) is 5.09. The van der Waals surface area contributed by atoms with Crippen molar-refractivity contribution in [2.75, 3.05) is 0 Å². The largest absolute Gasteiger partial charge is 0.220 e. The molecule has 1 heterocycles. The fraction of sp³-hybridized carbons (Fsp3) is 0.385. The Morgan fingerprint density at radius 2 is 2.18 bits per heavy atom. The third kappa shape index (κ3) is 2.75. The standard InChI is InChI=1S/C13H16BrN3/c1-3-10-6-5-7-11(8-10)17-9-13(15-16-17)12(14)4-2/h5-9,12H,3-4H2,1-2H3. The quantitative estimate of drug-likeness (QED) is 0.805. The molecule has 2 rings (SSSR count). The first-order chi connectivity index (χ1) is 8.24. The number of alkyl halides is 1. The van der Waals surface area contributed by atoms with E-state index in [1.54, 1.807) is 0 Å². The third-order valence-electron chi connectivity index (χ3n) is 2.77. The Balaban J connectivity index is 2.30. The van der Waals surface area contributed by atoms with E-state index in [0.29, 0.717) is 0 Å². The van der Waals surface area contributed by atoms with Crippen molar-refractivity contribution < 1.29 is 0 Å². The minimum atomic E-state index is 0.283. The summed E-state index contributed by atoms with van der Waals surface area (Å²) in [5, 5.41) is 8.35. The molecular formula is C13H16BrN3. The van der Waals surface area contributed by atoms with Gasteiger partial charge in [-0.25, -0.2) is 4.68 Å². The maximum absolute atomic E-state index is 4.18. The van der Waals surface area contributed by atoms with Crippen molar-refractivity contribution in [1.29, 1.82) is 0 Å². The van der Waals surface area contributed by atoms with Gasteiger partial charge in [-0.3, -0.25) is 0 Å². The molecule has 1 unspecified atom stereocenters. The van der Waals surface area contributed by atoms with Crippen molar-refractivity contribution in [2.24, 2.45) is 0 Å². The molecule has 90 valence electrons. The zero-order valence-corrected chi connectivity index (χ0v) is 11.7. The highest BCUT2D eigenvalue weighted by atomic mass is 79.9. The summed E-state index contributed by atoms with van der Waals surface area (Å²) in [5.41, 5.74) is 3.36. The zero-order chi connectivity index (χ0) is 12.3. The first kappa shape index (κ1) is 12.3. The summed E-state index contributed by atoms with van der Waals surface area (Å²) in [6.07, 6.45) is 4.02. The van der Waals surface area contributed by atoms with Crippen LogP contribution in [0.5, 0.6) is 0 Å². The Morgan fingerprint density at radius 1 is 1.35 bits per heavy atom. The van der Waals surface area contributed by atoms with Gasteiger partial charge < -0.3 is 0 Å². The van der Waals surface area contributed by atoms with Crippen LogP contribution >= 0.6 is 15.9 Å². The van der Waals surface area contributed by atoms with Crippen molar-refractivity contribution in [2.45, 2.75) is 31.5 Å². The lowest BCUT2D eigenvalue weighted by molar-refractivity contribution is 0.789. The maximum Gasteiger partial charge on any atom is 0.0967 e. The van der Waals surface area contributed by atoms with Gasteiger partial charge >= 0.3 is 0 Å². The van der Waals surface area contributed by atoms with Crippen LogP contribution in [0.1, 0.15) is 36.4 Å². The van der Waals surface area contributed by atoms with Gasteiger partial charge in [0.2, 0.25) is 0 Å². The molecule has 1 atom stereocenters. The normalized spacial score (nSPS) is 12.6. The van der Waals surface area contributed by atoms with Crippen molar-refractivity contribution in [3.8, 4) is 5.69 Å². The van der Waals surface area contributed by atoms with Gasteiger partial charge in [-0.05, 0) is 30.5 Å². The van der Waals surface area contributed by atoms with Crippen LogP contribution in [-0.4, -0.2) is 15.0 Å². The van der Waals surface area contributed by atoms with E-state index in [1.807, 2.05) is 16.9 Å². The summed E-state index contributed by atoms with van der Waals surface area (Å²) in [7, 11) is 0. The van der Waals surface area contributed by atoms with Gasteiger partial charge in [-0.1, -0.05) is 47.1 Å². The Labute approximate surface area is 110 Å². The highest BCUT2D eigenvalue weighted by molar-refractivity contribution is 9.09. The highest BCUT2D eigenvalue weighted by Gasteiger charge is 2.10. The SMILES string of the molecule is CCc1cccc(-n2cc(C(Br)CC)nn2)c1. The number of halogens is 1. The average Bonchev–Trinajstić information content (AvgIpc) is 2.87. The molecule has 1 aromatic carbocycles. The molecule has 0 spiro atoms. The smallest absolute Gasteiger partial charge is 0.0967 e. The van der Waals surface area contributed by atoms with Gasteiger partial charge in [0.1, 0.15) is 0 Å². The lowest BCUT2D eigenvalue weighted by atomic mass is 10.1. The molecule has 0 aliphatic rings. The van der Waals surface area contributed by atoms with Crippen molar-refractivity contribution in [3.63, 3.8) is 0 Å². The van der Waals surface area contributed by atoms with Crippen LogP contribution < -0.4 is 0 Å². The van der Waals surface area contributed by atoms with E-state index in [2.05, 4.69) is 58.3 Å².